The molecule has 0 saturated heterocycles. The van der Waals surface area contributed by atoms with Crippen LogP contribution in [0.4, 0.5) is 11.4 Å². The number of carboxylic acids is 2. The summed E-state index contributed by atoms with van der Waals surface area (Å²) in [5.74, 6) is -1.91. The van der Waals surface area contributed by atoms with Gasteiger partial charge in [-0.25, -0.2) is 0 Å². The van der Waals surface area contributed by atoms with E-state index in [0.29, 0.717) is 69.5 Å². The Kier molecular flexibility index (Phi) is 18.1. The van der Waals surface area contributed by atoms with E-state index < -0.39 is 32.9 Å². The van der Waals surface area contributed by atoms with Crippen LogP contribution >= 0.6 is 12.0 Å². The molecule has 0 amide bonds. The van der Waals surface area contributed by atoms with Gasteiger partial charge in [0.15, 0.2) is 5.71 Å². The van der Waals surface area contributed by atoms with Crippen LogP contribution in [0.25, 0.3) is 0 Å². The lowest BCUT2D eigenvalue weighted by Crippen LogP contribution is -2.29. The zero-order valence-electron chi connectivity index (χ0n) is 34.9. The molecule has 2 aliphatic rings. The molecule has 2 aromatic carbocycles. The van der Waals surface area contributed by atoms with Crippen molar-refractivity contribution in [3.05, 3.63) is 83.6 Å². The third-order valence-corrected chi connectivity index (χ3v) is 12.6. The number of hydrogen-bond donors (Lipinski definition) is 3. The van der Waals surface area contributed by atoms with Crippen LogP contribution in [0.2, 0.25) is 0 Å². The molecule has 1 unspecified atom stereocenters. The number of anilines is 1. The first kappa shape index (κ1) is 48.3. The van der Waals surface area contributed by atoms with Crippen LogP contribution in [0.1, 0.15) is 122 Å². The molecular formula is C44H58N2O12S2. The van der Waals surface area contributed by atoms with Gasteiger partial charge in [0.05, 0.1) is 29.0 Å². The number of carbonyl (C=O) groups excluding carboxylic acids is 1. The number of allylic oxidation sites excluding steroid dienone is 6. The Morgan fingerprint density at radius 2 is 1.53 bits per heavy atom. The van der Waals surface area contributed by atoms with Gasteiger partial charge in [0, 0.05) is 71.6 Å². The molecule has 0 fully saturated rings. The highest BCUT2D eigenvalue weighted by Gasteiger charge is 2.45. The molecule has 0 aliphatic carbocycles. The van der Waals surface area contributed by atoms with E-state index >= 15 is 0 Å². The zero-order chi connectivity index (χ0) is 43.9. The lowest BCUT2D eigenvalue weighted by Gasteiger charge is -2.30. The summed E-state index contributed by atoms with van der Waals surface area (Å²) in [4.78, 5) is 37.0. The molecule has 2 heterocycles. The Hall–Kier alpha value is -4.32. The Morgan fingerprint density at radius 1 is 0.850 bits per heavy atom. The van der Waals surface area contributed by atoms with Crippen LogP contribution in [-0.2, 0) is 49.4 Å². The number of fused-ring (bicyclic) bond motifs is 2. The smallest absolute Gasteiger partial charge is 0.305 e. The Balaban J connectivity index is 1.69. The highest BCUT2D eigenvalue weighted by Crippen LogP contribution is 2.51. The van der Waals surface area contributed by atoms with Crippen LogP contribution in [0, 0.1) is 0 Å². The van der Waals surface area contributed by atoms with Gasteiger partial charge in [0.2, 0.25) is 5.69 Å². The average molecular weight is 871 g/mol. The maximum atomic E-state index is 12.3. The van der Waals surface area contributed by atoms with Crippen molar-refractivity contribution in [3.63, 3.8) is 0 Å². The first-order chi connectivity index (χ1) is 28.5. The van der Waals surface area contributed by atoms with E-state index in [0.717, 1.165) is 71.6 Å². The fourth-order valence-electron chi connectivity index (χ4n) is 8.16. The molecule has 2 aromatic rings. The van der Waals surface area contributed by atoms with Gasteiger partial charge in [0.1, 0.15) is 6.54 Å². The molecule has 1 atom stereocenters. The first-order valence-electron chi connectivity index (χ1n) is 20.5. The number of hydrogen-bond acceptors (Lipinski definition) is 11. The summed E-state index contributed by atoms with van der Waals surface area (Å²) in [5, 5.41) is 32.4. The van der Waals surface area contributed by atoms with Gasteiger partial charge in [-0.2, -0.15) is 17.3 Å². The maximum absolute atomic E-state index is 12.3. The summed E-state index contributed by atoms with van der Waals surface area (Å²) in [5.41, 5.74) is 4.42. The van der Waals surface area contributed by atoms with Crippen molar-refractivity contribution in [2.24, 2.45) is 0 Å². The number of benzene rings is 2. The Morgan fingerprint density at radius 3 is 2.20 bits per heavy atom. The van der Waals surface area contributed by atoms with Gasteiger partial charge in [-0.3, -0.25) is 24.0 Å². The van der Waals surface area contributed by atoms with Crippen LogP contribution in [0.15, 0.2) is 82.3 Å². The van der Waals surface area contributed by atoms with Crippen molar-refractivity contribution in [1.29, 1.82) is 0 Å². The standard InChI is InChI=1S/C44H58N2O12S2/c1-5-56-42(51)22-14-9-17-29-46-37-26-24-33(60(53,54)55)31-35(37)44(4,27-15-7-12-20-40(47)48)39(46)19-11-6-10-18-38-43(2,3)34-30-32(59-58-57-52)23-25-36(34)45(38)28-16-8-13-21-41(49)50/h6,10-11,18-19,23-26,30-31H,5,7-9,12-17,20-22,27-29H2,1-4H3,(H3-,47,48,49,50,52,53,54,55). The quantitative estimate of drug-likeness (QED) is 0.0120. The van der Waals surface area contributed by atoms with Crippen molar-refractivity contribution >= 4 is 57.2 Å². The minimum Gasteiger partial charge on any atom is -0.691 e. The number of ether oxygens (including phenoxy) is 1. The second-order valence-electron chi connectivity index (χ2n) is 15.8. The molecule has 2 aliphatic heterocycles. The topological polar surface area (TPSA) is 203 Å². The molecular weight excluding hydrogens is 813 g/mol. The van der Waals surface area contributed by atoms with Crippen LogP contribution in [-0.4, -0.2) is 71.1 Å². The minimum atomic E-state index is -4.50. The minimum absolute atomic E-state index is 0.0594. The second kappa shape index (κ2) is 22.5. The molecule has 0 aromatic heterocycles. The van der Waals surface area contributed by atoms with E-state index in [2.05, 4.69) is 45.7 Å². The van der Waals surface area contributed by atoms with Gasteiger partial charge in [-0.05, 0) is 108 Å². The summed E-state index contributed by atoms with van der Waals surface area (Å²) in [6, 6.07) is 10.5. The monoisotopic (exact) mass is 870 g/mol. The van der Waals surface area contributed by atoms with Gasteiger partial charge in [-0.15, -0.1) is 0 Å². The fourth-order valence-corrected chi connectivity index (χ4v) is 9.06. The summed E-state index contributed by atoms with van der Waals surface area (Å²) in [6.45, 7) is 9.64. The molecule has 0 bridgehead atoms. The highest BCUT2D eigenvalue weighted by molar-refractivity contribution is 7.94. The lowest BCUT2D eigenvalue weighted by atomic mass is 9.77. The SMILES string of the molecule is CCOC(=O)CCCCCN1\C(=C/C=C/C=C/C2=[N+](CCCCCC(=O)O)c3ccc(SOO[O-])cc3C2(C)C)C(C)(CCCCCC(=O)O)c2cc(S(=O)(=O)O)ccc21. The molecule has 0 spiro atoms. The van der Waals surface area contributed by atoms with E-state index in [-0.39, 0.29) is 23.7 Å². The highest BCUT2D eigenvalue weighted by atomic mass is 32.2. The van der Waals surface area contributed by atoms with E-state index in [9.17, 15) is 37.7 Å². The fraction of sp³-hybridized carbons (Fsp3) is 0.500. The van der Waals surface area contributed by atoms with Crippen molar-refractivity contribution in [2.45, 2.75) is 132 Å². The molecule has 328 valence electrons. The molecule has 14 nitrogen and oxygen atoms in total. The summed E-state index contributed by atoms with van der Waals surface area (Å²) < 4.78 is 46.6. The van der Waals surface area contributed by atoms with E-state index in [1.807, 2.05) is 42.5 Å². The van der Waals surface area contributed by atoms with Gasteiger partial charge in [-0.1, -0.05) is 37.5 Å². The molecule has 60 heavy (non-hydrogen) atoms. The third-order valence-electron chi connectivity index (χ3n) is 11.2. The van der Waals surface area contributed by atoms with Gasteiger partial charge >= 0.3 is 17.9 Å². The average Bonchev–Trinajstić information content (AvgIpc) is 3.54. The molecule has 3 N–H and O–H groups in total. The molecule has 0 radical (unpaired) electrons. The Bertz CT molecular complexity index is 2080. The summed E-state index contributed by atoms with van der Waals surface area (Å²) in [6.07, 6.45) is 17.1. The van der Waals surface area contributed by atoms with Crippen molar-refractivity contribution < 1.29 is 61.5 Å². The normalized spacial score (nSPS) is 17.9. The number of carboxylic acid groups (broad SMARTS) is 2. The molecule has 16 heteroatoms. The summed E-state index contributed by atoms with van der Waals surface area (Å²) >= 11 is 0.827. The number of rotatable bonds is 26. The van der Waals surface area contributed by atoms with E-state index in [1.165, 1.54) is 12.1 Å². The van der Waals surface area contributed by atoms with E-state index in [1.54, 1.807) is 13.0 Å². The number of esters is 1. The molecule has 4 rings (SSSR count). The number of unbranched alkanes of at least 4 members (excludes halogenated alkanes) is 6. The van der Waals surface area contributed by atoms with Crippen molar-refractivity contribution in [3.8, 4) is 0 Å². The number of nitrogens with zero attached hydrogens (tertiary/aromatic N) is 2. The number of carbonyl (C=O) groups is 3. The predicted molar refractivity (Wildman–Crippen MR) is 227 cm³/mol. The van der Waals surface area contributed by atoms with E-state index in [4.69, 9.17) is 9.84 Å². The van der Waals surface area contributed by atoms with Crippen LogP contribution < -0.4 is 10.2 Å². The maximum Gasteiger partial charge on any atom is 0.305 e. The van der Waals surface area contributed by atoms with Crippen molar-refractivity contribution in [2.75, 3.05) is 24.6 Å². The van der Waals surface area contributed by atoms with Gasteiger partial charge in [0.25, 0.3) is 10.1 Å². The largest absolute Gasteiger partial charge is 0.691 e. The van der Waals surface area contributed by atoms with Crippen LogP contribution in [0.3, 0.4) is 0 Å². The lowest BCUT2D eigenvalue weighted by molar-refractivity contribution is -0.777. The van der Waals surface area contributed by atoms with Gasteiger partial charge < -0.3 is 25.1 Å². The van der Waals surface area contributed by atoms with Crippen LogP contribution in [0.5, 0.6) is 0 Å². The number of aliphatic carboxylic acids is 2. The summed E-state index contributed by atoms with van der Waals surface area (Å²) in [7, 11) is -4.50. The van der Waals surface area contributed by atoms with Crippen molar-refractivity contribution in [1.82, 2.24) is 0 Å². The second-order valence-corrected chi connectivity index (χ2v) is 18.0. The third kappa shape index (κ3) is 12.8. The first-order valence-corrected chi connectivity index (χ1v) is 22.7. The zero-order valence-corrected chi connectivity index (χ0v) is 36.5. The Labute approximate surface area is 357 Å². The predicted octanol–water partition coefficient (Wildman–Crippen LogP) is 8.12. The molecule has 0 saturated carbocycles.